The van der Waals surface area contributed by atoms with Gasteiger partial charge in [-0.15, -0.1) is 0 Å². The highest BCUT2D eigenvalue weighted by atomic mass is 19.1. The van der Waals surface area contributed by atoms with Crippen LogP contribution in [-0.4, -0.2) is 26.2 Å². The molecule has 0 aliphatic heterocycles. The average molecular weight is 317 g/mol. The molecule has 0 radical (unpaired) electrons. The summed E-state index contributed by atoms with van der Waals surface area (Å²) in [5, 5.41) is 3.00. The van der Waals surface area contributed by atoms with Crippen LogP contribution >= 0.6 is 0 Å². The second-order valence-electron chi connectivity index (χ2n) is 4.78. The van der Waals surface area contributed by atoms with E-state index in [2.05, 4.69) is 10.3 Å². The van der Waals surface area contributed by atoms with E-state index in [0.29, 0.717) is 31.3 Å². The van der Waals surface area contributed by atoms with E-state index >= 15 is 0 Å². The molecule has 0 spiro atoms. The van der Waals surface area contributed by atoms with E-state index in [9.17, 15) is 4.39 Å². The summed E-state index contributed by atoms with van der Waals surface area (Å²) in [5.74, 6) is 1.44. The molecule has 2 aromatic rings. The molecule has 5 nitrogen and oxygen atoms in total. The van der Waals surface area contributed by atoms with Crippen molar-refractivity contribution in [3.05, 3.63) is 54.3 Å². The smallest absolute Gasteiger partial charge is 0.193 e. The maximum atomic E-state index is 12.7. The van der Waals surface area contributed by atoms with E-state index in [1.807, 2.05) is 24.3 Å². The van der Waals surface area contributed by atoms with Crippen molar-refractivity contribution in [1.29, 1.82) is 0 Å². The fraction of sp³-hybridized carbons (Fsp3) is 0.235. The van der Waals surface area contributed by atoms with Crippen LogP contribution in [0.25, 0.3) is 0 Å². The van der Waals surface area contributed by atoms with Gasteiger partial charge in [0.05, 0.1) is 13.7 Å². The highest BCUT2D eigenvalue weighted by molar-refractivity contribution is 5.92. The SMILES string of the molecule is COc1cccc(NC(N)=NCCCOc2ccc(F)cc2)c1. The maximum absolute atomic E-state index is 12.7. The Morgan fingerprint density at radius 1 is 1.17 bits per heavy atom. The Kier molecular flexibility index (Phi) is 6.23. The minimum atomic E-state index is -0.279. The molecule has 0 aromatic heterocycles. The fourth-order valence-electron chi connectivity index (χ4n) is 1.87. The molecule has 0 aliphatic rings. The molecular weight excluding hydrogens is 297 g/mol. The second-order valence-corrected chi connectivity index (χ2v) is 4.78. The van der Waals surface area contributed by atoms with Crippen LogP contribution in [0.2, 0.25) is 0 Å². The Morgan fingerprint density at radius 3 is 2.70 bits per heavy atom. The number of hydrogen-bond donors (Lipinski definition) is 2. The maximum Gasteiger partial charge on any atom is 0.193 e. The van der Waals surface area contributed by atoms with Gasteiger partial charge in [0.25, 0.3) is 0 Å². The third-order valence-electron chi connectivity index (χ3n) is 3.01. The molecule has 122 valence electrons. The zero-order valence-electron chi connectivity index (χ0n) is 13.0. The van der Waals surface area contributed by atoms with Gasteiger partial charge in [0.15, 0.2) is 5.96 Å². The fourth-order valence-corrected chi connectivity index (χ4v) is 1.87. The summed E-state index contributed by atoms with van der Waals surface area (Å²) in [6, 6.07) is 13.3. The molecule has 0 saturated carbocycles. The van der Waals surface area contributed by atoms with Gasteiger partial charge in [0.2, 0.25) is 0 Å². The first-order valence-corrected chi connectivity index (χ1v) is 7.27. The van der Waals surface area contributed by atoms with Gasteiger partial charge >= 0.3 is 0 Å². The minimum absolute atomic E-state index is 0.279. The van der Waals surface area contributed by atoms with Crippen molar-refractivity contribution in [2.24, 2.45) is 10.7 Å². The van der Waals surface area contributed by atoms with Crippen molar-refractivity contribution in [2.75, 3.05) is 25.6 Å². The number of methoxy groups -OCH3 is 1. The molecule has 0 bridgehead atoms. The van der Waals surface area contributed by atoms with Crippen molar-refractivity contribution in [2.45, 2.75) is 6.42 Å². The van der Waals surface area contributed by atoms with Crippen LogP contribution in [0.4, 0.5) is 10.1 Å². The number of rotatable bonds is 7. The first-order chi connectivity index (χ1) is 11.2. The normalized spacial score (nSPS) is 11.1. The van der Waals surface area contributed by atoms with Crippen molar-refractivity contribution < 1.29 is 13.9 Å². The van der Waals surface area contributed by atoms with Crippen LogP contribution in [0.3, 0.4) is 0 Å². The minimum Gasteiger partial charge on any atom is -0.497 e. The van der Waals surface area contributed by atoms with Gasteiger partial charge in [-0.2, -0.15) is 0 Å². The summed E-state index contributed by atoms with van der Waals surface area (Å²) >= 11 is 0. The standard InChI is InChI=1S/C17H20FN3O2/c1-22-16-5-2-4-14(12-16)21-17(19)20-10-3-11-23-15-8-6-13(18)7-9-15/h2,4-9,12H,3,10-11H2,1H3,(H3,19,20,21). The number of hydrogen-bond acceptors (Lipinski definition) is 3. The van der Waals surface area contributed by atoms with E-state index in [-0.39, 0.29) is 5.82 Å². The molecule has 0 atom stereocenters. The van der Waals surface area contributed by atoms with Crippen molar-refractivity contribution in [3.63, 3.8) is 0 Å². The van der Waals surface area contributed by atoms with Gasteiger partial charge in [0, 0.05) is 24.7 Å². The Hall–Kier alpha value is -2.76. The van der Waals surface area contributed by atoms with Gasteiger partial charge in [-0.3, -0.25) is 4.99 Å². The molecule has 0 heterocycles. The summed E-state index contributed by atoms with van der Waals surface area (Å²) in [6.45, 7) is 1.02. The largest absolute Gasteiger partial charge is 0.497 e. The van der Waals surface area contributed by atoms with Crippen LogP contribution in [0, 0.1) is 5.82 Å². The lowest BCUT2D eigenvalue weighted by Crippen LogP contribution is -2.23. The number of nitrogens with one attached hydrogen (secondary N) is 1. The molecule has 0 fully saturated rings. The number of nitrogens with two attached hydrogens (primary N) is 1. The first kappa shape index (κ1) is 16.6. The second kappa shape index (κ2) is 8.63. The molecule has 0 unspecified atom stereocenters. The number of guanidine groups is 1. The molecule has 3 N–H and O–H groups in total. The lowest BCUT2D eigenvalue weighted by Gasteiger charge is -2.08. The van der Waals surface area contributed by atoms with Crippen LogP contribution < -0.4 is 20.5 Å². The van der Waals surface area contributed by atoms with Crippen LogP contribution in [0.15, 0.2) is 53.5 Å². The Bertz CT molecular complexity index is 645. The van der Waals surface area contributed by atoms with E-state index in [0.717, 1.165) is 11.4 Å². The number of halogens is 1. The van der Waals surface area contributed by atoms with Gasteiger partial charge in [0.1, 0.15) is 17.3 Å². The van der Waals surface area contributed by atoms with Crippen molar-refractivity contribution >= 4 is 11.6 Å². The Balaban J connectivity index is 1.71. The molecule has 2 aromatic carbocycles. The Morgan fingerprint density at radius 2 is 1.96 bits per heavy atom. The molecule has 0 amide bonds. The van der Waals surface area contributed by atoms with Gasteiger partial charge in [-0.05, 0) is 36.4 Å². The topological polar surface area (TPSA) is 68.9 Å². The predicted molar refractivity (Wildman–Crippen MR) is 89.6 cm³/mol. The van der Waals surface area contributed by atoms with E-state index in [1.165, 1.54) is 12.1 Å². The molecule has 23 heavy (non-hydrogen) atoms. The number of ether oxygens (including phenoxy) is 2. The average Bonchev–Trinajstić information content (AvgIpc) is 2.56. The quantitative estimate of drug-likeness (QED) is 0.468. The lowest BCUT2D eigenvalue weighted by molar-refractivity contribution is 0.313. The summed E-state index contributed by atoms with van der Waals surface area (Å²) in [5.41, 5.74) is 6.64. The lowest BCUT2D eigenvalue weighted by atomic mass is 10.3. The van der Waals surface area contributed by atoms with Crippen LogP contribution in [0.1, 0.15) is 6.42 Å². The van der Waals surface area contributed by atoms with Gasteiger partial charge < -0.3 is 20.5 Å². The first-order valence-electron chi connectivity index (χ1n) is 7.27. The number of anilines is 1. The van der Waals surface area contributed by atoms with E-state index < -0.39 is 0 Å². The summed E-state index contributed by atoms with van der Waals surface area (Å²) in [6.07, 6.45) is 0.706. The zero-order chi connectivity index (χ0) is 16.5. The number of benzene rings is 2. The summed E-state index contributed by atoms with van der Waals surface area (Å²) in [4.78, 5) is 4.22. The van der Waals surface area contributed by atoms with Gasteiger partial charge in [-0.1, -0.05) is 6.07 Å². The number of aliphatic imine (C=N–C) groups is 1. The highest BCUT2D eigenvalue weighted by Crippen LogP contribution is 2.16. The highest BCUT2D eigenvalue weighted by Gasteiger charge is 1.98. The van der Waals surface area contributed by atoms with E-state index in [4.69, 9.17) is 15.2 Å². The van der Waals surface area contributed by atoms with Crippen LogP contribution in [0.5, 0.6) is 11.5 Å². The summed E-state index contributed by atoms with van der Waals surface area (Å²) in [7, 11) is 1.61. The monoisotopic (exact) mass is 317 g/mol. The molecule has 2 rings (SSSR count). The third-order valence-corrected chi connectivity index (χ3v) is 3.01. The predicted octanol–water partition coefficient (Wildman–Crippen LogP) is 3.03. The van der Waals surface area contributed by atoms with Crippen molar-refractivity contribution in [1.82, 2.24) is 0 Å². The molecular formula is C17H20FN3O2. The zero-order valence-corrected chi connectivity index (χ0v) is 13.0. The molecule has 0 saturated heterocycles. The summed E-state index contributed by atoms with van der Waals surface area (Å²) < 4.78 is 23.4. The van der Waals surface area contributed by atoms with Crippen molar-refractivity contribution in [3.8, 4) is 11.5 Å². The Labute approximate surface area is 134 Å². The number of nitrogens with zero attached hydrogens (tertiary/aromatic N) is 1. The molecule has 6 heteroatoms. The molecule has 0 aliphatic carbocycles. The van der Waals surface area contributed by atoms with Gasteiger partial charge in [-0.25, -0.2) is 4.39 Å². The van der Waals surface area contributed by atoms with E-state index in [1.54, 1.807) is 19.2 Å². The van der Waals surface area contributed by atoms with Crippen LogP contribution in [-0.2, 0) is 0 Å². The third kappa shape index (κ3) is 5.86.